The number of benzene rings is 4. The molecule has 1 N–H and O–H groups in total. The first-order valence-corrected chi connectivity index (χ1v) is 14.2. The third-order valence-corrected chi connectivity index (χ3v) is 6.93. The predicted molar refractivity (Wildman–Crippen MR) is 169 cm³/mol. The van der Waals surface area contributed by atoms with E-state index in [-0.39, 0.29) is 28.9 Å². The number of halogens is 3. The summed E-state index contributed by atoms with van der Waals surface area (Å²) >= 11 is 0. The number of aromatic nitrogens is 2. The Morgan fingerprint density at radius 1 is 1.02 bits per heavy atom. The molecule has 0 spiro atoms. The summed E-state index contributed by atoms with van der Waals surface area (Å²) in [7, 11) is 0. The lowest BCUT2D eigenvalue weighted by atomic mass is 10.1. The van der Waals surface area contributed by atoms with E-state index in [2.05, 4.69) is 16.7 Å². The van der Waals surface area contributed by atoms with E-state index >= 15 is 0 Å². The summed E-state index contributed by atoms with van der Waals surface area (Å²) in [5, 5.41) is 13.8. The molecule has 0 saturated carbocycles. The van der Waals surface area contributed by atoms with Crippen molar-refractivity contribution in [3.63, 3.8) is 0 Å². The summed E-state index contributed by atoms with van der Waals surface area (Å²) in [4.78, 5) is 29.3. The largest absolute Gasteiger partial charge is 0.490 e. The zero-order chi connectivity index (χ0) is 32.8. The summed E-state index contributed by atoms with van der Waals surface area (Å²) < 4.78 is 53.7. The average Bonchev–Trinajstić information content (AvgIpc) is 3.04. The normalized spacial score (nSPS) is 11.6. The number of alkyl halides is 3. The van der Waals surface area contributed by atoms with Crippen LogP contribution < -0.4 is 15.0 Å². The van der Waals surface area contributed by atoms with Crippen molar-refractivity contribution in [3.8, 4) is 22.9 Å². The highest BCUT2D eigenvalue weighted by Gasteiger charge is 2.31. The van der Waals surface area contributed by atoms with Gasteiger partial charge in [0.25, 0.3) is 5.56 Å². The van der Waals surface area contributed by atoms with Crippen LogP contribution in [0.25, 0.3) is 22.3 Å². The van der Waals surface area contributed by atoms with Crippen LogP contribution in [-0.2, 0) is 19.2 Å². The second-order valence-electron chi connectivity index (χ2n) is 10.1. The van der Waals surface area contributed by atoms with Gasteiger partial charge in [-0.25, -0.2) is 9.78 Å². The molecule has 0 bridgehead atoms. The van der Waals surface area contributed by atoms with Crippen molar-refractivity contribution in [1.29, 1.82) is 0 Å². The number of allylic oxidation sites excluding steroid dienone is 1. The van der Waals surface area contributed by atoms with Crippen molar-refractivity contribution in [2.24, 2.45) is 5.10 Å². The minimum Gasteiger partial charge on any atom is -0.490 e. The molecule has 5 rings (SSSR count). The van der Waals surface area contributed by atoms with Crippen LogP contribution in [0.15, 0.2) is 107 Å². The summed E-state index contributed by atoms with van der Waals surface area (Å²) in [6, 6.07) is 20.9. The average molecular weight is 628 g/mol. The number of aromatic carboxylic acids is 1. The number of para-hydroxylation sites is 1. The molecule has 0 atom stereocenters. The molecule has 0 radical (unpaired) electrons. The van der Waals surface area contributed by atoms with Gasteiger partial charge >= 0.3 is 12.1 Å². The SMILES string of the molecule is C=CCc1cc(C=Nn2c(-c3cccc(C(F)(F)F)c3)nc3ccccc3c2=O)cc(OCC)c1OCc1ccc(C(=O)O)cc1. The molecule has 8 nitrogen and oxygen atoms in total. The lowest BCUT2D eigenvalue weighted by molar-refractivity contribution is -0.137. The Labute approximate surface area is 261 Å². The van der Waals surface area contributed by atoms with Crippen molar-refractivity contribution in [2.75, 3.05) is 6.61 Å². The monoisotopic (exact) mass is 627 g/mol. The first-order chi connectivity index (χ1) is 22.1. The van der Waals surface area contributed by atoms with Crippen LogP contribution in [-0.4, -0.2) is 33.6 Å². The third-order valence-electron chi connectivity index (χ3n) is 6.93. The van der Waals surface area contributed by atoms with Gasteiger partial charge < -0.3 is 14.6 Å². The fourth-order valence-electron chi connectivity index (χ4n) is 4.77. The molecule has 5 aromatic rings. The van der Waals surface area contributed by atoms with E-state index in [1.54, 1.807) is 54.6 Å². The van der Waals surface area contributed by atoms with Crippen molar-refractivity contribution in [2.45, 2.75) is 26.1 Å². The first kappa shape index (κ1) is 31.7. The van der Waals surface area contributed by atoms with Crippen LogP contribution in [0.1, 0.15) is 39.5 Å². The Balaban J connectivity index is 1.57. The second-order valence-corrected chi connectivity index (χ2v) is 10.1. The number of rotatable bonds is 11. The molecule has 0 aliphatic rings. The van der Waals surface area contributed by atoms with Crippen LogP contribution in [0.5, 0.6) is 11.5 Å². The molecule has 1 aromatic heterocycles. The van der Waals surface area contributed by atoms with E-state index in [9.17, 15) is 22.8 Å². The molecule has 0 saturated heterocycles. The molecule has 4 aromatic carbocycles. The summed E-state index contributed by atoms with van der Waals surface area (Å²) in [6.45, 7) is 6.09. The third kappa shape index (κ3) is 6.99. The predicted octanol–water partition coefficient (Wildman–Crippen LogP) is 7.37. The summed E-state index contributed by atoms with van der Waals surface area (Å²) in [6.07, 6.45) is -1.12. The second kappa shape index (κ2) is 13.5. The van der Waals surface area contributed by atoms with Gasteiger partial charge in [0.1, 0.15) is 6.61 Å². The molecule has 0 fully saturated rings. The van der Waals surface area contributed by atoms with Crippen LogP contribution in [0.2, 0.25) is 0 Å². The molecule has 0 aliphatic heterocycles. The maximum atomic E-state index is 13.6. The Morgan fingerprint density at radius 3 is 2.48 bits per heavy atom. The smallest absolute Gasteiger partial charge is 0.416 e. The highest BCUT2D eigenvalue weighted by molar-refractivity contribution is 5.87. The quantitative estimate of drug-likeness (QED) is 0.121. The summed E-state index contributed by atoms with van der Waals surface area (Å²) in [5.74, 6) is -0.237. The minimum absolute atomic E-state index is 0.0590. The van der Waals surface area contributed by atoms with E-state index in [1.165, 1.54) is 30.5 Å². The maximum absolute atomic E-state index is 13.6. The fourth-order valence-corrected chi connectivity index (χ4v) is 4.77. The minimum atomic E-state index is -4.59. The van der Waals surface area contributed by atoms with Gasteiger partial charge in [0.15, 0.2) is 17.3 Å². The highest BCUT2D eigenvalue weighted by atomic mass is 19.4. The van der Waals surface area contributed by atoms with Gasteiger partial charge in [-0.3, -0.25) is 4.79 Å². The van der Waals surface area contributed by atoms with Gasteiger partial charge in [-0.15, -0.1) is 6.58 Å². The van der Waals surface area contributed by atoms with E-state index < -0.39 is 23.3 Å². The van der Waals surface area contributed by atoms with Crippen molar-refractivity contribution in [3.05, 3.63) is 136 Å². The number of ether oxygens (including phenoxy) is 2. The Kier molecular flexibility index (Phi) is 9.31. The van der Waals surface area contributed by atoms with Gasteiger partial charge in [-0.05, 0) is 73.0 Å². The number of carbonyl (C=O) groups is 1. The van der Waals surface area contributed by atoms with E-state index in [0.29, 0.717) is 41.2 Å². The first-order valence-electron chi connectivity index (χ1n) is 14.2. The van der Waals surface area contributed by atoms with Crippen LogP contribution in [0.4, 0.5) is 13.2 Å². The lowest BCUT2D eigenvalue weighted by Gasteiger charge is -2.17. The van der Waals surface area contributed by atoms with E-state index in [4.69, 9.17) is 14.6 Å². The topological polar surface area (TPSA) is 103 Å². The molecular formula is C35H28F3N3O5. The molecule has 46 heavy (non-hydrogen) atoms. The molecule has 234 valence electrons. The molecule has 0 aliphatic carbocycles. The lowest BCUT2D eigenvalue weighted by Crippen LogP contribution is -2.20. The molecule has 0 unspecified atom stereocenters. The van der Waals surface area contributed by atoms with Gasteiger partial charge in [-0.1, -0.05) is 42.5 Å². The number of hydrogen-bond acceptors (Lipinski definition) is 6. The van der Waals surface area contributed by atoms with E-state index in [0.717, 1.165) is 22.4 Å². The Morgan fingerprint density at radius 2 is 1.78 bits per heavy atom. The van der Waals surface area contributed by atoms with Crippen LogP contribution >= 0.6 is 0 Å². The molecule has 11 heteroatoms. The van der Waals surface area contributed by atoms with Gasteiger partial charge in [-0.2, -0.15) is 22.9 Å². The van der Waals surface area contributed by atoms with Crippen LogP contribution in [0, 0.1) is 0 Å². The zero-order valence-corrected chi connectivity index (χ0v) is 24.6. The Hall–Kier alpha value is -5.71. The molecular weight excluding hydrogens is 599 g/mol. The van der Waals surface area contributed by atoms with Crippen LogP contribution in [0.3, 0.4) is 0 Å². The number of nitrogens with zero attached hydrogens (tertiary/aromatic N) is 3. The maximum Gasteiger partial charge on any atom is 0.416 e. The van der Waals surface area contributed by atoms with Gasteiger partial charge in [0, 0.05) is 11.1 Å². The Bertz CT molecular complexity index is 2000. The van der Waals surface area contributed by atoms with Crippen molar-refractivity contribution < 1.29 is 32.5 Å². The molecule has 1 heterocycles. The van der Waals surface area contributed by atoms with Crippen molar-refractivity contribution >= 4 is 23.1 Å². The fraction of sp³-hybridized carbons (Fsp3) is 0.143. The number of hydrogen-bond donors (Lipinski definition) is 1. The van der Waals surface area contributed by atoms with Gasteiger partial charge in [0.2, 0.25) is 0 Å². The van der Waals surface area contributed by atoms with Gasteiger partial charge in [0.05, 0.1) is 34.9 Å². The van der Waals surface area contributed by atoms with Crippen molar-refractivity contribution in [1.82, 2.24) is 9.66 Å². The highest BCUT2D eigenvalue weighted by Crippen LogP contribution is 2.35. The number of fused-ring (bicyclic) bond motifs is 1. The zero-order valence-electron chi connectivity index (χ0n) is 24.6. The summed E-state index contributed by atoms with van der Waals surface area (Å²) in [5.41, 5.74) is 1.07. The number of carboxylic acids is 1. The number of carboxylic acid groups (broad SMARTS) is 1. The standard InChI is InChI=1S/C35H28F3N3O5/c1-3-8-25-17-23(18-30(45-4-2)31(25)46-21-22-13-15-24(16-14-22)34(43)44)20-39-41-32(26-9-7-10-27(19-26)35(36,37)38)40-29-12-6-5-11-28(29)33(41)42/h3,5-7,9-20H,1,4,8,21H2,2H3,(H,43,44). The molecule has 0 amide bonds. The van der Waals surface area contributed by atoms with E-state index in [1.807, 2.05) is 6.92 Å².